The maximum Gasteiger partial charge on any atom is 0.339 e. The minimum Gasteiger partial charge on any atom is -0.478 e. The fraction of sp³-hybridized carbons (Fsp3) is 0.333. The smallest absolute Gasteiger partial charge is 0.339 e. The third-order valence-corrected chi connectivity index (χ3v) is 2.91. The van der Waals surface area contributed by atoms with Crippen LogP contribution in [0.4, 0.5) is 5.82 Å². The fourth-order valence-electron chi connectivity index (χ4n) is 1.29. The summed E-state index contributed by atoms with van der Waals surface area (Å²) in [5, 5.41) is 8.76. The van der Waals surface area contributed by atoms with Gasteiger partial charge in [-0.1, -0.05) is 0 Å². The second-order valence-electron chi connectivity index (χ2n) is 3.48. The summed E-state index contributed by atoms with van der Waals surface area (Å²) in [6.45, 7) is 0.215. The topological polar surface area (TPSA) is 122 Å². The predicted octanol–water partition coefficient (Wildman–Crippen LogP) is -0.468. The summed E-state index contributed by atoms with van der Waals surface area (Å²) in [6, 6.07) is 2.79. The van der Waals surface area contributed by atoms with Crippen LogP contribution in [0.15, 0.2) is 18.3 Å². The number of nitrogen functional groups attached to an aromatic ring is 1. The number of aryl methyl sites for hydroxylation is 1. The summed E-state index contributed by atoms with van der Waals surface area (Å²) in [5.74, 6) is -1.16. The zero-order valence-electron chi connectivity index (χ0n) is 8.91. The van der Waals surface area contributed by atoms with Crippen LogP contribution < -0.4 is 10.3 Å². The Balaban J connectivity index is 2.76. The molecule has 8 heteroatoms. The first-order valence-electron chi connectivity index (χ1n) is 4.77. The largest absolute Gasteiger partial charge is 0.478 e. The zero-order chi connectivity index (χ0) is 13.1. The number of nitrogens with zero attached hydrogens (tertiary/aromatic N) is 1. The highest BCUT2D eigenvalue weighted by atomic mass is 32.2. The Kier molecular flexibility index (Phi) is 4.02. The Morgan fingerprint density at radius 1 is 1.41 bits per heavy atom. The lowest BCUT2D eigenvalue weighted by atomic mass is 10.2. The molecule has 0 fully saturated rings. The minimum atomic E-state index is -4.00. The second-order valence-corrected chi connectivity index (χ2v) is 5.05. The SMILES string of the molecule is Nc1ccc(C(=O)O)c[n+]1CCCS(=O)(=O)O. The number of aromatic nitrogens is 1. The third-order valence-electron chi connectivity index (χ3n) is 2.11. The molecule has 0 bridgehead atoms. The van der Waals surface area contributed by atoms with Crippen LogP contribution in [-0.4, -0.2) is 29.8 Å². The van der Waals surface area contributed by atoms with Crippen molar-refractivity contribution in [3.05, 3.63) is 23.9 Å². The number of carboxylic acids is 1. The number of rotatable bonds is 5. The Morgan fingerprint density at radius 3 is 2.59 bits per heavy atom. The number of anilines is 1. The molecule has 0 amide bonds. The van der Waals surface area contributed by atoms with E-state index in [0.717, 1.165) is 0 Å². The third kappa shape index (κ3) is 4.37. The molecule has 0 aliphatic rings. The van der Waals surface area contributed by atoms with Gasteiger partial charge in [-0.15, -0.1) is 0 Å². The van der Waals surface area contributed by atoms with Crippen LogP contribution in [0.3, 0.4) is 0 Å². The monoisotopic (exact) mass is 261 g/mol. The van der Waals surface area contributed by atoms with Crippen molar-refractivity contribution in [2.75, 3.05) is 11.5 Å². The molecule has 0 spiro atoms. The standard InChI is InChI=1S/C9H12N2O5S/c10-8-3-2-7(9(12)13)6-11(8)4-1-5-17(14,15)16/h2-3,6,10H,1,4-5H2,(H2,12,13,14,15,16)/p+1. The Labute approximate surface area is 98.2 Å². The van der Waals surface area contributed by atoms with E-state index >= 15 is 0 Å². The molecule has 0 radical (unpaired) electrons. The van der Waals surface area contributed by atoms with E-state index < -0.39 is 21.8 Å². The predicted molar refractivity (Wildman–Crippen MR) is 59.0 cm³/mol. The Hall–Kier alpha value is -1.67. The van der Waals surface area contributed by atoms with Gasteiger partial charge in [0.05, 0.1) is 17.9 Å². The van der Waals surface area contributed by atoms with Crippen molar-refractivity contribution in [3.8, 4) is 0 Å². The van der Waals surface area contributed by atoms with Gasteiger partial charge in [-0.25, -0.2) is 9.36 Å². The normalized spacial score (nSPS) is 11.4. The Bertz CT molecular complexity index is 526. The minimum absolute atomic E-state index is 0.0612. The molecule has 1 aromatic heterocycles. The molecule has 0 aliphatic heterocycles. The van der Waals surface area contributed by atoms with Crippen LogP contribution in [0, 0.1) is 0 Å². The average molecular weight is 261 g/mol. The first-order valence-corrected chi connectivity index (χ1v) is 6.38. The lowest BCUT2D eigenvalue weighted by Crippen LogP contribution is -2.38. The van der Waals surface area contributed by atoms with Gasteiger partial charge < -0.3 is 5.11 Å². The summed E-state index contributed by atoms with van der Waals surface area (Å²) >= 11 is 0. The molecule has 7 nitrogen and oxygen atoms in total. The summed E-state index contributed by atoms with van der Waals surface area (Å²) in [4.78, 5) is 10.7. The maximum absolute atomic E-state index is 10.7. The van der Waals surface area contributed by atoms with E-state index in [1.807, 2.05) is 0 Å². The van der Waals surface area contributed by atoms with Crippen LogP contribution >= 0.6 is 0 Å². The number of pyridine rings is 1. The molecule has 0 aromatic carbocycles. The molecule has 1 aromatic rings. The highest BCUT2D eigenvalue weighted by Crippen LogP contribution is 2.00. The first-order chi connectivity index (χ1) is 7.79. The van der Waals surface area contributed by atoms with Crippen molar-refractivity contribution >= 4 is 21.9 Å². The lowest BCUT2D eigenvalue weighted by molar-refractivity contribution is -0.682. The Morgan fingerprint density at radius 2 is 2.06 bits per heavy atom. The molecular formula is C9H13N2O5S+. The lowest BCUT2D eigenvalue weighted by Gasteiger charge is -2.03. The molecule has 0 aliphatic carbocycles. The highest BCUT2D eigenvalue weighted by molar-refractivity contribution is 7.85. The number of hydrogen-bond acceptors (Lipinski definition) is 4. The number of carbonyl (C=O) groups is 1. The van der Waals surface area contributed by atoms with E-state index in [-0.39, 0.29) is 18.5 Å². The van der Waals surface area contributed by atoms with Gasteiger partial charge in [0, 0.05) is 12.5 Å². The van der Waals surface area contributed by atoms with E-state index in [1.165, 1.54) is 22.9 Å². The number of aromatic carboxylic acids is 1. The maximum atomic E-state index is 10.7. The van der Waals surface area contributed by atoms with Gasteiger partial charge >= 0.3 is 5.97 Å². The van der Waals surface area contributed by atoms with Crippen LogP contribution in [0.25, 0.3) is 0 Å². The molecule has 17 heavy (non-hydrogen) atoms. The molecule has 0 saturated heterocycles. The van der Waals surface area contributed by atoms with Gasteiger partial charge in [-0.3, -0.25) is 10.3 Å². The van der Waals surface area contributed by atoms with E-state index in [4.69, 9.17) is 15.4 Å². The fourth-order valence-corrected chi connectivity index (χ4v) is 1.79. The number of carboxylic acid groups (broad SMARTS) is 1. The highest BCUT2D eigenvalue weighted by Gasteiger charge is 2.12. The number of nitrogens with two attached hydrogens (primary N) is 1. The van der Waals surface area contributed by atoms with Crippen molar-refractivity contribution < 1.29 is 27.4 Å². The van der Waals surface area contributed by atoms with E-state index in [9.17, 15) is 13.2 Å². The van der Waals surface area contributed by atoms with E-state index in [2.05, 4.69) is 0 Å². The van der Waals surface area contributed by atoms with Gasteiger partial charge in [0.15, 0.2) is 0 Å². The summed E-state index contributed by atoms with van der Waals surface area (Å²) in [6.07, 6.45) is 1.47. The van der Waals surface area contributed by atoms with Crippen molar-refractivity contribution in [2.24, 2.45) is 0 Å². The summed E-state index contributed by atoms with van der Waals surface area (Å²) in [5.41, 5.74) is 5.66. The molecule has 0 atom stereocenters. The molecule has 4 N–H and O–H groups in total. The van der Waals surface area contributed by atoms with Gasteiger partial charge in [0.2, 0.25) is 0 Å². The molecule has 0 saturated carbocycles. The molecule has 94 valence electrons. The van der Waals surface area contributed by atoms with E-state index in [0.29, 0.717) is 5.82 Å². The van der Waals surface area contributed by atoms with Gasteiger partial charge in [0.1, 0.15) is 6.20 Å². The van der Waals surface area contributed by atoms with E-state index in [1.54, 1.807) is 0 Å². The van der Waals surface area contributed by atoms with Gasteiger partial charge in [0.25, 0.3) is 15.9 Å². The van der Waals surface area contributed by atoms with Crippen LogP contribution in [0.2, 0.25) is 0 Å². The van der Waals surface area contributed by atoms with Gasteiger partial charge in [-0.2, -0.15) is 8.42 Å². The van der Waals surface area contributed by atoms with Crippen molar-refractivity contribution in [2.45, 2.75) is 13.0 Å². The van der Waals surface area contributed by atoms with Crippen molar-refractivity contribution in [1.82, 2.24) is 0 Å². The van der Waals surface area contributed by atoms with Crippen LogP contribution in [-0.2, 0) is 16.7 Å². The van der Waals surface area contributed by atoms with Crippen molar-refractivity contribution in [1.29, 1.82) is 0 Å². The average Bonchev–Trinajstić information content (AvgIpc) is 2.18. The molecule has 1 heterocycles. The van der Waals surface area contributed by atoms with Crippen molar-refractivity contribution in [3.63, 3.8) is 0 Å². The second kappa shape index (κ2) is 5.11. The molecular weight excluding hydrogens is 248 g/mol. The first kappa shape index (κ1) is 13.4. The number of hydrogen-bond donors (Lipinski definition) is 3. The summed E-state index contributed by atoms with van der Waals surface area (Å²) < 4.78 is 31.0. The zero-order valence-corrected chi connectivity index (χ0v) is 9.72. The van der Waals surface area contributed by atoms with Gasteiger partial charge in [-0.05, 0) is 6.07 Å². The summed E-state index contributed by atoms with van der Waals surface area (Å²) in [7, 11) is -4.00. The molecule has 1 rings (SSSR count). The van der Waals surface area contributed by atoms with Crippen LogP contribution in [0.5, 0.6) is 0 Å². The quantitative estimate of drug-likeness (QED) is 0.486. The van der Waals surface area contributed by atoms with Crippen LogP contribution in [0.1, 0.15) is 16.8 Å². The molecule has 0 unspecified atom stereocenters.